The third-order valence-corrected chi connectivity index (χ3v) is 8.60. The van der Waals surface area contributed by atoms with E-state index in [1.807, 2.05) is 0 Å². The van der Waals surface area contributed by atoms with E-state index in [9.17, 15) is 0 Å². The van der Waals surface area contributed by atoms with Crippen LogP contribution in [-0.4, -0.2) is 4.57 Å². The number of hydrogen-bond donors (Lipinski definition) is 0. The van der Waals surface area contributed by atoms with Gasteiger partial charge in [-0.05, 0) is 32.1 Å². The van der Waals surface area contributed by atoms with Crippen LogP contribution in [0.5, 0.6) is 0 Å². The fraction of sp³-hybridized carbons (Fsp3) is 0.917. The summed E-state index contributed by atoms with van der Waals surface area (Å²) in [7, 11) is 0. The monoisotopic (exact) mass is 532 g/mol. The molecule has 224 valence electrons. The average molecular weight is 532 g/mol. The minimum Gasteiger partial charge on any atom is -0.234 e. The minimum absolute atomic E-state index is 1.23. The first-order chi connectivity index (χ1) is 18.8. The second-order valence-electron chi connectivity index (χ2n) is 12.3. The summed E-state index contributed by atoms with van der Waals surface area (Å²) in [4.78, 5) is 0. The molecule has 1 aromatic heterocycles. The highest BCUT2D eigenvalue weighted by atomic mass is 15.1. The number of hydrogen-bond acceptors (Lipinski definition) is 0. The van der Waals surface area contributed by atoms with Crippen LogP contribution in [0.1, 0.15) is 200 Å². The smallest absolute Gasteiger partial charge is 0.234 e. The van der Waals surface area contributed by atoms with Gasteiger partial charge in [-0.15, -0.1) is 0 Å². The zero-order valence-corrected chi connectivity index (χ0v) is 26.8. The Balaban J connectivity index is 2.29. The van der Waals surface area contributed by atoms with Gasteiger partial charge in [0.25, 0.3) is 5.82 Å². The molecule has 0 N–H and O–H groups in total. The number of aryl methyl sites for hydroxylation is 2. The SMILES string of the molecule is CCCCCCCCCCCCCCCc1n(CCCCCCCCC)cc[n+]1CCCCCCCCC. The van der Waals surface area contributed by atoms with E-state index in [4.69, 9.17) is 0 Å². The number of aromatic nitrogens is 2. The van der Waals surface area contributed by atoms with Crippen molar-refractivity contribution in [3.63, 3.8) is 0 Å². The first-order valence-electron chi connectivity index (χ1n) is 17.9. The Kier molecular flexibility index (Phi) is 25.7. The molecule has 0 amide bonds. The van der Waals surface area contributed by atoms with Gasteiger partial charge in [-0.2, -0.15) is 0 Å². The van der Waals surface area contributed by atoms with Gasteiger partial charge in [-0.1, -0.05) is 162 Å². The van der Waals surface area contributed by atoms with Crippen molar-refractivity contribution in [1.29, 1.82) is 0 Å². The van der Waals surface area contributed by atoms with E-state index in [2.05, 4.69) is 42.3 Å². The van der Waals surface area contributed by atoms with Crippen molar-refractivity contribution in [1.82, 2.24) is 4.57 Å². The maximum absolute atomic E-state index is 2.62. The van der Waals surface area contributed by atoms with Gasteiger partial charge in [0, 0.05) is 6.42 Å². The fourth-order valence-electron chi connectivity index (χ4n) is 5.97. The molecule has 0 spiro atoms. The van der Waals surface area contributed by atoms with Crippen LogP contribution in [0.2, 0.25) is 0 Å². The van der Waals surface area contributed by atoms with Crippen LogP contribution >= 0.6 is 0 Å². The lowest BCUT2D eigenvalue weighted by Gasteiger charge is -2.07. The molecule has 0 fully saturated rings. The maximum Gasteiger partial charge on any atom is 0.256 e. The Morgan fingerprint density at radius 1 is 0.447 bits per heavy atom. The van der Waals surface area contributed by atoms with Gasteiger partial charge in [-0.25, -0.2) is 9.13 Å². The molecular formula is C36H71N2+. The number of nitrogens with zero attached hydrogens (tertiary/aromatic N) is 2. The fourth-order valence-corrected chi connectivity index (χ4v) is 5.97. The standard InChI is InChI=1S/C36H71N2/c1-4-7-10-13-16-17-18-19-20-21-22-25-28-31-36-37(32-29-26-23-14-11-8-5-2)34-35-38(36)33-30-27-24-15-12-9-6-3/h34-35H,4-33H2,1-3H3/q+1. The van der Waals surface area contributed by atoms with Crippen LogP contribution in [0, 0.1) is 0 Å². The Labute approximate surface area is 240 Å². The summed E-state index contributed by atoms with van der Waals surface area (Å²) >= 11 is 0. The van der Waals surface area contributed by atoms with E-state index < -0.39 is 0 Å². The van der Waals surface area contributed by atoms with Crippen LogP contribution in [0.25, 0.3) is 0 Å². The molecule has 0 bridgehead atoms. The zero-order chi connectivity index (χ0) is 27.4. The predicted molar refractivity (Wildman–Crippen MR) is 170 cm³/mol. The first kappa shape index (κ1) is 35.2. The van der Waals surface area contributed by atoms with Gasteiger partial charge in [0.05, 0.1) is 13.1 Å². The van der Waals surface area contributed by atoms with Crippen molar-refractivity contribution in [3.8, 4) is 0 Å². The molecule has 0 saturated heterocycles. The van der Waals surface area contributed by atoms with Crippen LogP contribution in [0.4, 0.5) is 0 Å². The highest BCUT2D eigenvalue weighted by Gasteiger charge is 2.16. The van der Waals surface area contributed by atoms with Gasteiger partial charge < -0.3 is 0 Å². The van der Waals surface area contributed by atoms with Crippen molar-refractivity contribution >= 4 is 0 Å². The Bertz CT molecular complexity index is 555. The molecule has 0 aliphatic heterocycles. The summed E-state index contributed by atoms with van der Waals surface area (Å²) in [6.45, 7) is 9.39. The molecule has 2 heteroatoms. The Morgan fingerprint density at radius 2 is 0.816 bits per heavy atom. The lowest BCUT2D eigenvalue weighted by atomic mass is 10.0. The average Bonchev–Trinajstić information content (AvgIpc) is 3.31. The normalized spacial score (nSPS) is 11.6. The number of unbranched alkanes of at least 4 members (excludes halogenated alkanes) is 24. The van der Waals surface area contributed by atoms with Crippen LogP contribution in [0.3, 0.4) is 0 Å². The van der Waals surface area contributed by atoms with Crippen molar-refractivity contribution < 1.29 is 4.57 Å². The lowest BCUT2D eigenvalue weighted by Crippen LogP contribution is -2.37. The summed E-state index contributed by atoms with van der Waals surface area (Å²) in [5.74, 6) is 1.62. The highest BCUT2D eigenvalue weighted by molar-refractivity contribution is 4.84. The molecule has 0 saturated carbocycles. The van der Waals surface area contributed by atoms with E-state index in [0.29, 0.717) is 0 Å². The number of rotatable bonds is 30. The molecule has 0 aliphatic rings. The molecule has 1 aromatic rings. The molecule has 0 aliphatic carbocycles. The maximum atomic E-state index is 2.62. The molecule has 1 rings (SSSR count). The van der Waals surface area contributed by atoms with Crippen LogP contribution in [-0.2, 0) is 19.5 Å². The van der Waals surface area contributed by atoms with E-state index in [1.165, 1.54) is 193 Å². The predicted octanol–water partition coefficient (Wildman–Crippen LogP) is 11.9. The molecule has 0 unspecified atom stereocenters. The topological polar surface area (TPSA) is 8.81 Å². The van der Waals surface area contributed by atoms with E-state index in [-0.39, 0.29) is 0 Å². The van der Waals surface area contributed by atoms with Crippen LogP contribution in [0.15, 0.2) is 12.4 Å². The Morgan fingerprint density at radius 3 is 1.26 bits per heavy atom. The van der Waals surface area contributed by atoms with Gasteiger partial charge in [0.15, 0.2) is 0 Å². The van der Waals surface area contributed by atoms with Crippen molar-refractivity contribution in [2.45, 2.75) is 214 Å². The van der Waals surface area contributed by atoms with E-state index in [1.54, 1.807) is 5.82 Å². The lowest BCUT2D eigenvalue weighted by molar-refractivity contribution is -0.704. The van der Waals surface area contributed by atoms with Gasteiger partial charge >= 0.3 is 0 Å². The van der Waals surface area contributed by atoms with Crippen molar-refractivity contribution in [2.75, 3.05) is 0 Å². The summed E-state index contributed by atoms with van der Waals surface area (Å²) in [5.41, 5.74) is 0. The Hall–Kier alpha value is -0.790. The van der Waals surface area contributed by atoms with Crippen LogP contribution < -0.4 is 4.57 Å². The summed E-state index contributed by atoms with van der Waals surface area (Å²) in [5, 5.41) is 0. The zero-order valence-electron chi connectivity index (χ0n) is 26.8. The number of imidazole rings is 1. The molecule has 0 radical (unpaired) electrons. The molecule has 2 nitrogen and oxygen atoms in total. The quantitative estimate of drug-likeness (QED) is 0.0689. The van der Waals surface area contributed by atoms with E-state index >= 15 is 0 Å². The van der Waals surface area contributed by atoms with E-state index in [0.717, 1.165) is 0 Å². The second kappa shape index (κ2) is 27.8. The van der Waals surface area contributed by atoms with Crippen molar-refractivity contribution in [3.05, 3.63) is 18.2 Å². The minimum atomic E-state index is 1.23. The van der Waals surface area contributed by atoms with Gasteiger partial charge in [-0.3, -0.25) is 0 Å². The molecular weight excluding hydrogens is 460 g/mol. The van der Waals surface area contributed by atoms with Gasteiger partial charge in [0.1, 0.15) is 12.4 Å². The third kappa shape index (κ3) is 20.2. The second-order valence-corrected chi connectivity index (χ2v) is 12.3. The van der Waals surface area contributed by atoms with Gasteiger partial charge in [0.2, 0.25) is 0 Å². The summed E-state index contributed by atoms with van der Waals surface area (Å²) in [6.07, 6.45) is 44.4. The molecule has 0 aromatic carbocycles. The summed E-state index contributed by atoms with van der Waals surface area (Å²) in [6, 6.07) is 0. The third-order valence-electron chi connectivity index (χ3n) is 8.60. The largest absolute Gasteiger partial charge is 0.256 e. The molecule has 38 heavy (non-hydrogen) atoms. The highest BCUT2D eigenvalue weighted by Crippen LogP contribution is 2.15. The first-order valence-corrected chi connectivity index (χ1v) is 17.9. The molecule has 0 atom stereocenters. The summed E-state index contributed by atoms with van der Waals surface area (Å²) < 4.78 is 5.24. The molecule has 1 heterocycles. The van der Waals surface area contributed by atoms with Crippen molar-refractivity contribution in [2.24, 2.45) is 0 Å².